The molecule has 1 aliphatic heterocycles. The van der Waals surface area contributed by atoms with Crippen molar-refractivity contribution in [2.45, 2.75) is 65.6 Å². The molecule has 188 valence electrons. The first-order chi connectivity index (χ1) is 16.6. The summed E-state index contributed by atoms with van der Waals surface area (Å²) in [7, 11) is 0. The molecule has 35 heavy (non-hydrogen) atoms. The number of benzene rings is 1. The third kappa shape index (κ3) is 6.29. The van der Waals surface area contributed by atoms with E-state index in [-0.39, 0.29) is 12.6 Å². The van der Waals surface area contributed by atoms with Crippen LogP contribution in [-0.2, 0) is 16.0 Å². The molecule has 1 aromatic carbocycles. The zero-order valence-corrected chi connectivity index (χ0v) is 21.7. The summed E-state index contributed by atoms with van der Waals surface area (Å²) in [5.74, 6) is 0.143. The normalized spacial score (nSPS) is 15.9. The molecule has 1 saturated heterocycles. The van der Waals surface area contributed by atoms with E-state index in [1.807, 2.05) is 43.5 Å². The van der Waals surface area contributed by atoms with Gasteiger partial charge < -0.3 is 24.3 Å². The zero-order valence-electron chi connectivity index (χ0n) is 21.0. The SMILES string of the molecule is CCOC(=O)c1c(C)c(C#N)c(N2CCC[C@@H](NC(=O)OC(C)(C)C)C2)n1Cc1ccccc1Cl. The van der Waals surface area contributed by atoms with E-state index in [2.05, 4.69) is 16.3 Å². The van der Waals surface area contributed by atoms with Crippen LogP contribution in [0.25, 0.3) is 0 Å². The molecule has 0 radical (unpaired) electrons. The molecule has 8 nitrogen and oxygen atoms in total. The highest BCUT2D eigenvalue weighted by molar-refractivity contribution is 6.31. The van der Waals surface area contributed by atoms with E-state index >= 15 is 0 Å². The number of nitrogens with zero attached hydrogens (tertiary/aromatic N) is 3. The van der Waals surface area contributed by atoms with E-state index in [4.69, 9.17) is 21.1 Å². The number of hydrogen-bond donors (Lipinski definition) is 1. The van der Waals surface area contributed by atoms with Crippen LogP contribution in [0.3, 0.4) is 0 Å². The van der Waals surface area contributed by atoms with Gasteiger partial charge in [-0.05, 0) is 59.1 Å². The number of halogens is 1. The molecule has 1 N–H and O–H groups in total. The molecule has 1 aliphatic rings. The second-order valence-corrected chi connectivity index (χ2v) is 10.0. The van der Waals surface area contributed by atoms with Gasteiger partial charge in [0, 0.05) is 29.7 Å². The van der Waals surface area contributed by atoms with Crippen molar-refractivity contribution in [1.82, 2.24) is 9.88 Å². The molecule has 9 heteroatoms. The fraction of sp³-hybridized carbons (Fsp3) is 0.500. The molecule has 1 atom stereocenters. The van der Waals surface area contributed by atoms with Crippen molar-refractivity contribution >= 4 is 29.5 Å². The number of nitrogens with one attached hydrogen (secondary N) is 1. The summed E-state index contributed by atoms with van der Waals surface area (Å²) in [6.07, 6.45) is 1.11. The fourth-order valence-electron chi connectivity index (χ4n) is 4.37. The lowest BCUT2D eigenvalue weighted by Crippen LogP contribution is -2.49. The Bertz CT molecular complexity index is 1130. The van der Waals surface area contributed by atoms with Crippen LogP contribution in [0.1, 0.15) is 67.7 Å². The first-order valence-corrected chi connectivity index (χ1v) is 12.2. The second kappa shape index (κ2) is 11.0. The summed E-state index contributed by atoms with van der Waals surface area (Å²) in [5.41, 5.74) is 1.54. The van der Waals surface area contributed by atoms with Gasteiger partial charge in [-0.15, -0.1) is 0 Å². The van der Waals surface area contributed by atoms with Gasteiger partial charge in [0.25, 0.3) is 0 Å². The average molecular weight is 501 g/mol. The number of piperidine rings is 1. The van der Waals surface area contributed by atoms with Gasteiger partial charge in [0.05, 0.1) is 18.7 Å². The molecule has 2 heterocycles. The van der Waals surface area contributed by atoms with Crippen molar-refractivity contribution in [2.24, 2.45) is 0 Å². The highest BCUT2D eigenvalue weighted by atomic mass is 35.5. The number of rotatable bonds is 6. The predicted octanol–water partition coefficient (Wildman–Crippen LogP) is 5.04. The molecule has 0 bridgehead atoms. The second-order valence-electron chi connectivity index (χ2n) is 9.61. The van der Waals surface area contributed by atoms with Gasteiger partial charge in [0.15, 0.2) is 0 Å². The molecular weight excluding hydrogens is 468 g/mol. The monoisotopic (exact) mass is 500 g/mol. The molecule has 1 amide bonds. The molecule has 1 aromatic heterocycles. The minimum absolute atomic E-state index is 0.167. The number of amides is 1. The van der Waals surface area contributed by atoms with E-state index < -0.39 is 17.7 Å². The first-order valence-electron chi connectivity index (χ1n) is 11.8. The minimum Gasteiger partial charge on any atom is -0.461 e. The highest BCUT2D eigenvalue weighted by Crippen LogP contribution is 2.34. The molecular formula is C26H33ClN4O4. The zero-order chi connectivity index (χ0) is 25.8. The van der Waals surface area contributed by atoms with Gasteiger partial charge in [-0.1, -0.05) is 29.8 Å². The van der Waals surface area contributed by atoms with Gasteiger partial charge in [0.2, 0.25) is 0 Å². The van der Waals surface area contributed by atoms with E-state index in [0.717, 1.165) is 18.4 Å². The van der Waals surface area contributed by atoms with Crippen LogP contribution >= 0.6 is 11.6 Å². The van der Waals surface area contributed by atoms with Crippen molar-refractivity contribution in [1.29, 1.82) is 5.26 Å². The van der Waals surface area contributed by atoms with Crippen molar-refractivity contribution in [3.63, 3.8) is 0 Å². The van der Waals surface area contributed by atoms with Crippen molar-refractivity contribution < 1.29 is 19.1 Å². The molecule has 2 aromatic rings. The Morgan fingerprint density at radius 1 is 1.29 bits per heavy atom. The quantitative estimate of drug-likeness (QED) is 0.558. The van der Waals surface area contributed by atoms with E-state index in [0.29, 0.717) is 47.3 Å². The number of ether oxygens (including phenoxy) is 2. The minimum atomic E-state index is -0.596. The summed E-state index contributed by atoms with van der Waals surface area (Å²) in [6, 6.07) is 9.54. The number of carbonyl (C=O) groups excluding carboxylic acids is 2. The van der Waals surface area contributed by atoms with Crippen molar-refractivity contribution in [2.75, 3.05) is 24.6 Å². The number of hydrogen-bond acceptors (Lipinski definition) is 6. The number of esters is 1. The van der Waals surface area contributed by atoms with Gasteiger partial charge in [-0.3, -0.25) is 0 Å². The van der Waals surface area contributed by atoms with E-state index in [1.54, 1.807) is 19.9 Å². The van der Waals surface area contributed by atoms with Gasteiger partial charge in [0.1, 0.15) is 23.2 Å². The number of carbonyl (C=O) groups is 2. The number of aromatic nitrogens is 1. The van der Waals surface area contributed by atoms with Crippen LogP contribution in [0.15, 0.2) is 24.3 Å². The largest absolute Gasteiger partial charge is 0.461 e. The fourth-order valence-corrected chi connectivity index (χ4v) is 4.56. The Kier molecular flexibility index (Phi) is 8.34. The highest BCUT2D eigenvalue weighted by Gasteiger charge is 2.32. The Balaban J connectivity index is 2.02. The van der Waals surface area contributed by atoms with Crippen LogP contribution in [0, 0.1) is 18.3 Å². The maximum Gasteiger partial charge on any atom is 0.407 e. The molecule has 0 aliphatic carbocycles. The first kappa shape index (κ1) is 26.4. The van der Waals surface area contributed by atoms with Gasteiger partial charge in [-0.2, -0.15) is 5.26 Å². The van der Waals surface area contributed by atoms with E-state index in [9.17, 15) is 14.9 Å². The number of anilines is 1. The predicted molar refractivity (Wildman–Crippen MR) is 135 cm³/mol. The third-order valence-electron chi connectivity index (χ3n) is 5.79. The topological polar surface area (TPSA) is 96.6 Å². The average Bonchev–Trinajstić information content (AvgIpc) is 3.05. The lowest BCUT2D eigenvalue weighted by molar-refractivity contribution is 0.0495. The Labute approximate surface area is 211 Å². The molecule has 0 spiro atoms. The molecule has 0 saturated carbocycles. The number of nitriles is 1. The Morgan fingerprint density at radius 3 is 2.63 bits per heavy atom. The van der Waals surface area contributed by atoms with Crippen molar-refractivity contribution in [3.8, 4) is 6.07 Å². The van der Waals surface area contributed by atoms with Crippen LogP contribution < -0.4 is 10.2 Å². The van der Waals surface area contributed by atoms with Crippen LogP contribution in [-0.4, -0.2) is 48.0 Å². The lowest BCUT2D eigenvalue weighted by Gasteiger charge is -2.36. The standard InChI is InChI=1S/C26H33ClN4O4/c1-6-34-24(32)22-17(2)20(14-28)23(31(22)15-18-10-7-8-12-21(18)27)30-13-9-11-19(16-30)29-25(33)35-26(3,4)5/h7-8,10,12,19H,6,9,11,13,15-16H2,1-5H3,(H,29,33)/t19-/m1/s1. The molecule has 0 unspecified atom stereocenters. The van der Waals surface area contributed by atoms with E-state index in [1.165, 1.54) is 0 Å². The Hall–Kier alpha value is -3.18. The number of alkyl carbamates (subject to hydrolysis) is 1. The Morgan fingerprint density at radius 2 is 2.00 bits per heavy atom. The lowest BCUT2D eigenvalue weighted by atomic mass is 10.0. The summed E-state index contributed by atoms with van der Waals surface area (Å²) in [6.45, 7) is 10.6. The maximum atomic E-state index is 13.0. The third-order valence-corrected chi connectivity index (χ3v) is 6.16. The summed E-state index contributed by atoms with van der Waals surface area (Å²) in [4.78, 5) is 27.4. The summed E-state index contributed by atoms with van der Waals surface area (Å²) in [5, 5.41) is 13.6. The maximum absolute atomic E-state index is 13.0. The van der Waals surface area contributed by atoms with Crippen molar-refractivity contribution in [3.05, 3.63) is 51.7 Å². The summed E-state index contributed by atoms with van der Waals surface area (Å²) >= 11 is 6.45. The van der Waals surface area contributed by atoms with Crippen LogP contribution in [0.4, 0.5) is 10.6 Å². The van der Waals surface area contributed by atoms with Crippen LogP contribution in [0.2, 0.25) is 5.02 Å². The van der Waals surface area contributed by atoms with Crippen LogP contribution in [0.5, 0.6) is 0 Å². The smallest absolute Gasteiger partial charge is 0.407 e. The molecule has 3 rings (SSSR count). The van der Waals surface area contributed by atoms with Gasteiger partial charge >= 0.3 is 12.1 Å². The van der Waals surface area contributed by atoms with Gasteiger partial charge in [-0.25, -0.2) is 9.59 Å². The molecule has 1 fully saturated rings. The summed E-state index contributed by atoms with van der Waals surface area (Å²) < 4.78 is 12.6.